The van der Waals surface area contributed by atoms with E-state index in [9.17, 15) is 18.4 Å². The van der Waals surface area contributed by atoms with Crippen LogP contribution in [0.4, 0.5) is 8.78 Å². The van der Waals surface area contributed by atoms with Crippen molar-refractivity contribution in [2.75, 3.05) is 0 Å². The fourth-order valence-electron chi connectivity index (χ4n) is 2.63. The summed E-state index contributed by atoms with van der Waals surface area (Å²) in [4.78, 5) is 32.5. The summed E-state index contributed by atoms with van der Waals surface area (Å²) >= 11 is 0. The summed E-state index contributed by atoms with van der Waals surface area (Å²) in [5.74, 6) is -3.17. The Morgan fingerprint density at radius 1 is 1.04 bits per heavy atom. The van der Waals surface area contributed by atoms with Gasteiger partial charge in [0.15, 0.2) is 0 Å². The number of carbonyl (C=O) groups is 2. The van der Waals surface area contributed by atoms with Crippen molar-refractivity contribution in [3.63, 3.8) is 0 Å². The lowest BCUT2D eigenvalue weighted by Crippen LogP contribution is -2.46. The molecule has 3 rings (SSSR count). The molecule has 0 saturated heterocycles. The molecule has 3 N–H and O–H groups in total. The van der Waals surface area contributed by atoms with E-state index < -0.39 is 35.9 Å². The number of carbonyl (C=O) groups excluding carboxylic acids is 2. The summed E-state index contributed by atoms with van der Waals surface area (Å²) < 4.78 is 27.3. The molecule has 8 heteroatoms. The van der Waals surface area contributed by atoms with E-state index in [4.69, 9.17) is 5.73 Å². The fraction of sp³-hybridized carbons (Fsp3) is 0.158. The van der Waals surface area contributed by atoms with E-state index in [1.165, 1.54) is 12.3 Å². The number of aromatic nitrogens is 2. The molecule has 0 aliphatic carbocycles. The number of amides is 2. The minimum absolute atomic E-state index is 0.0126. The molecule has 2 aromatic carbocycles. The normalized spacial score (nSPS) is 11.9. The number of nitrogens with two attached hydrogens (primary N) is 1. The molecule has 27 heavy (non-hydrogen) atoms. The number of hydrogen-bond donors (Lipinski definition) is 2. The minimum atomic E-state index is -1.08. The van der Waals surface area contributed by atoms with Gasteiger partial charge in [0.1, 0.15) is 17.7 Å². The molecule has 0 saturated carbocycles. The average molecular weight is 370 g/mol. The van der Waals surface area contributed by atoms with E-state index in [2.05, 4.69) is 15.3 Å². The Bertz CT molecular complexity index is 990. The number of primary amides is 1. The molecule has 0 spiro atoms. The molecular formula is C19H16F2N4O2. The summed E-state index contributed by atoms with van der Waals surface area (Å²) in [6, 6.07) is 9.43. The van der Waals surface area contributed by atoms with Gasteiger partial charge in [0.05, 0.1) is 23.1 Å². The lowest BCUT2D eigenvalue weighted by atomic mass is 10.1. The highest BCUT2D eigenvalue weighted by atomic mass is 19.1. The van der Waals surface area contributed by atoms with Gasteiger partial charge in [0, 0.05) is 18.2 Å². The van der Waals surface area contributed by atoms with Gasteiger partial charge in [-0.25, -0.2) is 13.8 Å². The third kappa shape index (κ3) is 4.41. The van der Waals surface area contributed by atoms with E-state index in [0.29, 0.717) is 16.7 Å². The number of nitrogens with zero attached hydrogens (tertiary/aromatic N) is 2. The lowest BCUT2D eigenvalue weighted by molar-refractivity contribution is -0.127. The number of benzene rings is 2. The maximum Gasteiger partial charge on any atom is 0.240 e. The smallest absolute Gasteiger partial charge is 0.240 e. The van der Waals surface area contributed by atoms with Crippen molar-refractivity contribution in [3.05, 3.63) is 71.6 Å². The second-order valence-electron chi connectivity index (χ2n) is 5.95. The van der Waals surface area contributed by atoms with Crippen LogP contribution in [0.25, 0.3) is 11.0 Å². The van der Waals surface area contributed by atoms with Crippen LogP contribution in [-0.4, -0.2) is 27.8 Å². The summed E-state index contributed by atoms with van der Waals surface area (Å²) in [5, 5.41) is 2.40. The van der Waals surface area contributed by atoms with E-state index in [1.807, 2.05) is 6.07 Å². The lowest BCUT2D eigenvalue weighted by Gasteiger charge is -2.15. The first-order valence-corrected chi connectivity index (χ1v) is 8.16. The Balaban J connectivity index is 1.73. The predicted octanol–water partition coefficient (Wildman–Crippen LogP) is 1.66. The zero-order valence-electron chi connectivity index (χ0n) is 14.2. The summed E-state index contributed by atoms with van der Waals surface area (Å²) in [7, 11) is 0. The van der Waals surface area contributed by atoms with Crippen LogP contribution in [0.2, 0.25) is 0 Å². The van der Waals surface area contributed by atoms with Crippen LogP contribution in [0, 0.1) is 11.6 Å². The molecule has 0 unspecified atom stereocenters. The topological polar surface area (TPSA) is 98.0 Å². The molecular weight excluding hydrogens is 354 g/mol. The monoisotopic (exact) mass is 370 g/mol. The maximum atomic E-state index is 13.7. The van der Waals surface area contributed by atoms with Crippen LogP contribution in [0.1, 0.15) is 11.3 Å². The van der Waals surface area contributed by atoms with Crippen molar-refractivity contribution >= 4 is 22.8 Å². The second kappa shape index (κ2) is 7.86. The van der Waals surface area contributed by atoms with Crippen LogP contribution in [-0.2, 0) is 22.4 Å². The number of fused-ring (bicyclic) bond motifs is 1. The first-order valence-electron chi connectivity index (χ1n) is 8.16. The van der Waals surface area contributed by atoms with Crippen LogP contribution >= 0.6 is 0 Å². The zero-order valence-corrected chi connectivity index (χ0v) is 14.2. The van der Waals surface area contributed by atoms with Crippen molar-refractivity contribution in [2.45, 2.75) is 18.9 Å². The highest BCUT2D eigenvalue weighted by molar-refractivity contribution is 5.87. The Morgan fingerprint density at radius 3 is 2.37 bits per heavy atom. The molecule has 0 radical (unpaired) electrons. The standard InChI is InChI=1S/C19H16F2N4O2/c20-13-4-3-5-14(21)12(13)9-18(26)25-17(19(22)27)8-11-10-23-15-6-1-2-7-16(15)24-11/h1-7,10,17H,8-9H2,(H2,22,27)(H,25,26)/t17-/m0/s1. The van der Waals surface area contributed by atoms with Crippen LogP contribution in [0.3, 0.4) is 0 Å². The highest BCUT2D eigenvalue weighted by Crippen LogP contribution is 2.13. The fourth-order valence-corrected chi connectivity index (χ4v) is 2.63. The van der Waals surface area contributed by atoms with Gasteiger partial charge < -0.3 is 11.1 Å². The third-order valence-corrected chi connectivity index (χ3v) is 3.99. The zero-order chi connectivity index (χ0) is 19.4. The SMILES string of the molecule is NC(=O)[C@H](Cc1cnc2ccccc2n1)NC(=O)Cc1c(F)cccc1F. The number of hydrogen-bond acceptors (Lipinski definition) is 4. The van der Waals surface area contributed by atoms with Gasteiger partial charge in [-0.3, -0.25) is 14.6 Å². The number of rotatable bonds is 6. The molecule has 3 aromatic rings. The molecule has 0 aliphatic rings. The minimum Gasteiger partial charge on any atom is -0.368 e. The second-order valence-corrected chi connectivity index (χ2v) is 5.95. The number of nitrogens with one attached hydrogen (secondary N) is 1. The van der Waals surface area contributed by atoms with Crippen molar-refractivity contribution in [3.8, 4) is 0 Å². The van der Waals surface area contributed by atoms with Crippen LogP contribution in [0.5, 0.6) is 0 Å². The Labute approximate surface area is 153 Å². The predicted molar refractivity (Wildman–Crippen MR) is 94.4 cm³/mol. The molecule has 6 nitrogen and oxygen atoms in total. The van der Waals surface area contributed by atoms with Crippen LogP contribution in [0.15, 0.2) is 48.7 Å². The molecule has 0 bridgehead atoms. The Hall–Kier alpha value is -3.42. The van der Waals surface area contributed by atoms with Gasteiger partial charge in [-0.2, -0.15) is 0 Å². The summed E-state index contributed by atoms with van der Waals surface area (Å²) in [5.41, 5.74) is 6.76. The first-order chi connectivity index (χ1) is 12.9. The molecule has 0 fully saturated rings. The number of halogens is 2. The average Bonchev–Trinajstić information content (AvgIpc) is 2.64. The summed E-state index contributed by atoms with van der Waals surface area (Å²) in [6.07, 6.45) is 0.950. The van der Waals surface area contributed by atoms with Crippen molar-refractivity contribution in [2.24, 2.45) is 5.73 Å². The van der Waals surface area contributed by atoms with E-state index in [-0.39, 0.29) is 12.0 Å². The van der Waals surface area contributed by atoms with Crippen LogP contribution < -0.4 is 11.1 Å². The molecule has 1 heterocycles. The molecule has 1 aromatic heterocycles. The van der Waals surface area contributed by atoms with E-state index >= 15 is 0 Å². The van der Waals surface area contributed by atoms with Crippen molar-refractivity contribution in [1.29, 1.82) is 0 Å². The molecule has 1 atom stereocenters. The maximum absolute atomic E-state index is 13.7. The van der Waals surface area contributed by atoms with Gasteiger partial charge in [-0.1, -0.05) is 18.2 Å². The third-order valence-electron chi connectivity index (χ3n) is 3.99. The van der Waals surface area contributed by atoms with E-state index in [1.54, 1.807) is 18.2 Å². The van der Waals surface area contributed by atoms with Gasteiger partial charge in [0.2, 0.25) is 11.8 Å². The Morgan fingerprint density at radius 2 is 1.70 bits per heavy atom. The van der Waals surface area contributed by atoms with E-state index in [0.717, 1.165) is 12.1 Å². The number of para-hydroxylation sites is 2. The van der Waals surface area contributed by atoms with Gasteiger partial charge in [-0.15, -0.1) is 0 Å². The van der Waals surface area contributed by atoms with Gasteiger partial charge in [0.25, 0.3) is 0 Å². The molecule has 2 amide bonds. The summed E-state index contributed by atoms with van der Waals surface area (Å²) in [6.45, 7) is 0. The van der Waals surface area contributed by atoms with Gasteiger partial charge in [-0.05, 0) is 24.3 Å². The van der Waals surface area contributed by atoms with Crippen molar-refractivity contribution < 1.29 is 18.4 Å². The van der Waals surface area contributed by atoms with Gasteiger partial charge >= 0.3 is 0 Å². The van der Waals surface area contributed by atoms with Crippen molar-refractivity contribution in [1.82, 2.24) is 15.3 Å². The largest absolute Gasteiger partial charge is 0.368 e. The molecule has 138 valence electrons. The Kier molecular flexibility index (Phi) is 5.35. The molecule has 0 aliphatic heterocycles. The quantitative estimate of drug-likeness (QED) is 0.690. The highest BCUT2D eigenvalue weighted by Gasteiger charge is 2.21. The first kappa shape index (κ1) is 18.4.